The first-order valence-corrected chi connectivity index (χ1v) is 10.4. The lowest BCUT2D eigenvalue weighted by Crippen LogP contribution is -2.28. The zero-order valence-electron chi connectivity index (χ0n) is 17.2. The van der Waals surface area contributed by atoms with Crippen LogP contribution in [0.1, 0.15) is 61.0 Å². The minimum atomic E-state index is -0.467. The van der Waals surface area contributed by atoms with E-state index < -0.39 is 5.91 Å². The molecule has 2 aromatic carbocycles. The van der Waals surface area contributed by atoms with Gasteiger partial charge in [0.05, 0.1) is 17.3 Å². The molecule has 6 nitrogen and oxygen atoms in total. The lowest BCUT2D eigenvalue weighted by molar-refractivity contribution is -0.148. The van der Waals surface area contributed by atoms with Gasteiger partial charge in [-0.25, -0.2) is 0 Å². The molecule has 0 saturated heterocycles. The van der Waals surface area contributed by atoms with Crippen LogP contribution in [0.25, 0.3) is 0 Å². The van der Waals surface area contributed by atoms with Crippen LogP contribution in [0.4, 0.5) is 5.69 Å². The maximum atomic E-state index is 12.7. The van der Waals surface area contributed by atoms with Crippen molar-refractivity contribution >= 4 is 23.5 Å². The summed E-state index contributed by atoms with van der Waals surface area (Å²) in [6.45, 7) is 1.54. The van der Waals surface area contributed by atoms with Crippen molar-refractivity contribution in [2.24, 2.45) is 5.92 Å². The summed E-state index contributed by atoms with van der Waals surface area (Å²) in [6, 6.07) is 16.2. The van der Waals surface area contributed by atoms with Crippen LogP contribution in [0.5, 0.6) is 0 Å². The average Bonchev–Trinajstić information content (AvgIpc) is 3.26. The first kappa shape index (κ1) is 21.6. The van der Waals surface area contributed by atoms with Gasteiger partial charge in [-0.1, -0.05) is 55.3 Å². The Hall–Kier alpha value is -3.15. The molecule has 6 heteroatoms. The maximum Gasteiger partial charge on any atom is 0.306 e. The molecule has 2 aromatic rings. The molecule has 1 saturated carbocycles. The molecule has 1 aliphatic rings. The van der Waals surface area contributed by atoms with Gasteiger partial charge in [0.25, 0.3) is 11.8 Å². The molecule has 0 unspecified atom stereocenters. The van der Waals surface area contributed by atoms with Gasteiger partial charge in [-0.15, -0.1) is 0 Å². The fraction of sp³-hybridized carbons (Fsp3) is 0.375. The number of para-hydroxylation sites is 1. The Morgan fingerprint density at radius 3 is 2.40 bits per heavy atom. The number of benzene rings is 2. The molecular weight excluding hydrogens is 380 g/mol. The van der Waals surface area contributed by atoms with Crippen LogP contribution in [0.3, 0.4) is 0 Å². The number of hydrogen-bond acceptors (Lipinski definition) is 4. The molecule has 0 aliphatic heterocycles. The van der Waals surface area contributed by atoms with Crippen LogP contribution in [-0.2, 0) is 14.3 Å². The third kappa shape index (κ3) is 6.17. The molecule has 30 heavy (non-hydrogen) atoms. The van der Waals surface area contributed by atoms with E-state index in [1.54, 1.807) is 24.3 Å². The number of rotatable bonds is 8. The second-order valence-electron chi connectivity index (χ2n) is 7.71. The highest BCUT2D eigenvalue weighted by atomic mass is 16.5. The van der Waals surface area contributed by atoms with E-state index in [-0.39, 0.29) is 24.5 Å². The van der Waals surface area contributed by atoms with Crippen molar-refractivity contribution in [1.29, 1.82) is 0 Å². The molecule has 0 aromatic heterocycles. The summed E-state index contributed by atoms with van der Waals surface area (Å²) >= 11 is 0. The number of ether oxygens (including phenoxy) is 1. The summed E-state index contributed by atoms with van der Waals surface area (Å²) < 4.78 is 5.11. The van der Waals surface area contributed by atoms with Crippen LogP contribution in [-0.4, -0.2) is 24.4 Å². The summed E-state index contributed by atoms with van der Waals surface area (Å²) in [6.07, 6.45) is 4.76. The lowest BCUT2D eigenvalue weighted by atomic mass is 10.0. The van der Waals surface area contributed by atoms with Crippen molar-refractivity contribution < 1.29 is 19.1 Å². The van der Waals surface area contributed by atoms with Crippen LogP contribution in [0.2, 0.25) is 0 Å². The highest BCUT2D eigenvalue weighted by molar-refractivity contribution is 6.04. The van der Waals surface area contributed by atoms with Gasteiger partial charge in [-0.2, -0.15) is 0 Å². The molecule has 1 aliphatic carbocycles. The Balaban J connectivity index is 1.54. The lowest BCUT2D eigenvalue weighted by Gasteiger charge is -2.16. The number of nitrogens with one attached hydrogen (secondary N) is 2. The van der Waals surface area contributed by atoms with Crippen molar-refractivity contribution in [3.05, 3.63) is 65.7 Å². The van der Waals surface area contributed by atoms with Crippen molar-refractivity contribution in [2.45, 2.75) is 45.1 Å². The van der Waals surface area contributed by atoms with Crippen molar-refractivity contribution in [3.63, 3.8) is 0 Å². The average molecular weight is 408 g/mol. The molecule has 158 valence electrons. The third-order valence-electron chi connectivity index (χ3n) is 5.39. The first-order valence-electron chi connectivity index (χ1n) is 10.4. The molecule has 2 amide bonds. The number of anilines is 1. The molecule has 0 bridgehead atoms. The van der Waals surface area contributed by atoms with Crippen LogP contribution >= 0.6 is 0 Å². The Kier molecular flexibility index (Phi) is 7.60. The second kappa shape index (κ2) is 10.6. The smallest absolute Gasteiger partial charge is 0.306 e. The third-order valence-corrected chi connectivity index (χ3v) is 5.39. The van der Waals surface area contributed by atoms with E-state index in [9.17, 15) is 14.4 Å². The normalized spacial score (nSPS) is 14.7. The monoisotopic (exact) mass is 408 g/mol. The Bertz CT molecular complexity index is 876. The minimum absolute atomic E-state index is 0.181. The van der Waals surface area contributed by atoms with E-state index >= 15 is 0 Å². The van der Waals surface area contributed by atoms with Gasteiger partial charge in [-0.05, 0) is 43.4 Å². The van der Waals surface area contributed by atoms with E-state index in [0.717, 1.165) is 31.2 Å². The van der Waals surface area contributed by atoms with Gasteiger partial charge in [0, 0.05) is 6.42 Å². The predicted octanol–water partition coefficient (Wildman–Crippen LogP) is 4.24. The molecule has 1 fully saturated rings. The maximum absolute atomic E-state index is 12.7. The zero-order chi connectivity index (χ0) is 21.3. The summed E-state index contributed by atoms with van der Waals surface area (Å²) in [7, 11) is 0. The van der Waals surface area contributed by atoms with Crippen LogP contribution in [0.15, 0.2) is 54.6 Å². The summed E-state index contributed by atoms with van der Waals surface area (Å²) in [5.74, 6) is -0.733. The van der Waals surface area contributed by atoms with Gasteiger partial charge < -0.3 is 15.4 Å². The van der Waals surface area contributed by atoms with Crippen molar-refractivity contribution in [3.8, 4) is 0 Å². The number of hydrogen-bond donors (Lipinski definition) is 2. The van der Waals surface area contributed by atoms with E-state index in [4.69, 9.17) is 4.74 Å². The standard InChI is InChI=1S/C24H28N2O4/c1-17(19-11-3-2-4-12-19)25-24(29)20-13-7-8-14-21(20)26-22(27)16-30-23(28)15-18-9-5-6-10-18/h2-4,7-8,11-14,17-18H,5-6,9-10,15-16H2,1H3,(H,25,29)(H,26,27)/t17-/m0/s1. The summed E-state index contributed by atoms with van der Waals surface area (Å²) in [5.41, 5.74) is 1.72. The fourth-order valence-corrected chi connectivity index (χ4v) is 3.73. The molecule has 2 N–H and O–H groups in total. The molecule has 0 heterocycles. The highest BCUT2D eigenvalue weighted by Gasteiger charge is 2.20. The highest BCUT2D eigenvalue weighted by Crippen LogP contribution is 2.27. The molecular formula is C24H28N2O4. The van der Waals surface area contributed by atoms with E-state index in [1.807, 2.05) is 37.3 Å². The molecule has 1 atom stereocenters. The minimum Gasteiger partial charge on any atom is -0.456 e. The second-order valence-corrected chi connectivity index (χ2v) is 7.71. The molecule has 3 rings (SSSR count). The quantitative estimate of drug-likeness (QED) is 0.640. The van der Waals surface area contributed by atoms with Gasteiger partial charge in [0.2, 0.25) is 0 Å². The number of amides is 2. The van der Waals surface area contributed by atoms with Crippen molar-refractivity contribution in [1.82, 2.24) is 5.32 Å². The Morgan fingerprint density at radius 1 is 1.00 bits per heavy atom. The van der Waals surface area contributed by atoms with Gasteiger partial charge in [0.15, 0.2) is 6.61 Å². The molecule has 0 radical (unpaired) electrons. The van der Waals surface area contributed by atoms with E-state index in [0.29, 0.717) is 23.6 Å². The van der Waals surface area contributed by atoms with Crippen LogP contribution in [0, 0.1) is 5.92 Å². The van der Waals surface area contributed by atoms with Crippen LogP contribution < -0.4 is 10.6 Å². The van der Waals surface area contributed by atoms with Crippen molar-refractivity contribution in [2.75, 3.05) is 11.9 Å². The number of esters is 1. The topological polar surface area (TPSA) is 84.5 Å². The first-order chi connectivity index (χ1) is 14.5. The number of carbonyl (C=O) groups is 3. The Labute approximate surface area is 177 Å². The largest absolute Gasteiger partial charge is 0.456 e. The summed E-state index contributed by atoms with van der Waals surface area (Å²) in [4.78, 5) is 36.9. The molecule has 0 spiro atoms. The fourth-order valence-electron chi connectivity index (χ4n) is 3.73. The predicted molar refractivity (Wildman–Crippen MR) is 115 cm³/mol. The zero-order valence-corrected chi connectivity index (χ0v) is 17.2. The SMILES string of the molecule is C[C@H](NC(=O)c1ccccc1NC(=O)COC(=O)CC1CCCC1)c1ccccc1. The Morgan fingerprint density at radius 2 is 1.67 bits per heavy atom. The van der Waals surface area contributed by atoms with Gasteiger partial charge in [-0.3, -0.25) is 14.4 Å². The van der Waals surface area contributed by atoms with Gasteiger partial charge >= 0.3 is 5.97 Å². The van der Waals surface area contributed by atoms with E-state index in [1.165, 1.54) is 0 Å². The van der Waals surface area contributed by atoms with E-state index in [2.05, 4.69) is 10.6 Å². The summed E-state index contributed by atoms with van der Waals surface area (Å²) in [5, 5.41) is 5.62. The van der Waals surface area contributed by atoms with Gasteiger partial charge in [0.1, 0.15) is 0 Å². The number of carbonyl (C=O) groups excluding carboxylic acids is 3.